The van der Waals surface area contributed by atoms with Crippen LogP contribution in [0.3, 0.4) is 0 Å². The number of carbonyl (C=O) groups excluding carboxylic acids is 1. The summed E-state index contributed by atoms with van der Waals surface area (Å²) in [5, 5.41) is 1.39. The summed E-state index contributed by atoms with van der Waals surface area (Å²) in [6, 6.07) is 11.4. The van der Waals surface area contributed by atoms with Crippen molar-refractivity contribution in [2.45, 2.75) is 39.5 Å². The van der Waals surface area contributed by atoms with Crippen molar-refractivity contribution in [3.63, 3.8) is 0 Å². The molecule has 1 aliphatic rings. The number of hydrogen-bond donors (Lipinski definition) is 0. The Hall–Kier alpha value is -2.19. The Balaban J connectivity index is 1.55. The molecular weight excluding hydrogens is 482 g/mol. The number of nitrogens with zero attached hydrogens (tertiary/aromatic N) is 3. The number of aromatic nitrogens is 1. The predicted octanol–water partition coefficient (Wildman–Crippen LogP) is 6.20. The highest BCUT2D eigenvalue weighted by Crippen LogP contribution is 2.34. The minimum atomic E-state index is -0.0613. The average molecular weight is 516 g/mol. The molecule has 3 aromatic rings. The Bertz CT molecular complexity index is 1130. The molecule has 2 heterocycles. The van der Waals surface area contributed by atoms with Gasteiger partial charge >= 0.3 is 0 Å². The largest absolute Gasteiger partial charge is 0.494 e. The van der Waals surface area contributed by atoms with Crippen LogP contribution >= 0.6 is 22.9 Å². The van der Waals surface area contributed by atoms with Gasteiger partial charge in [-0.25, -0.2) is 4.98 Å². The first kappa shape index (κ1) is 25.9. The summed E-state index contributed by atoms with van der Waals surface area (Å²) in [6.45, 7) is 9.72. The molecule has 6 nitrogen and oxygen atoms in total. The van der Waals surface area contributed by atoms with Gasteiger partial charge in [0.05, 0.1) is 30.0 Å². The van der Waals surface area contributed by atoms with Gasteiger partial charge < -0.3 is 9.47 Å². The molecule has 0 bridgehead atoms. The van der Waals surface area contributed by atoms with Crippen molar-refractivity contribution in [1.29, 1.82) is 0 Å². The predicted molar refractivity (Wildman–Crippen MR) is 144 cm³/mol. The number of anilines is 1. The summed E-state index contributed by atoms with van der Waals surface area (Å²) in [5.74, 6) is 0.668. The van der Waals surface area contributed by atoms with Crippen molar-refractivity contribution in [2.24, 2.45) is 0 Å². The van der Waals surface area contributed by atoms with Crippen LogP contribution in [0.4, 0.5) is 5.13 Å². The number of rotatable bonds is 11. The Morgan fingerprint density at radius 3 is 2.83 bits per heavy atom. The van der Waals surface area contributed by atoms with Gasteiger partial charge in [-0.3, -0.25) is 14.6 Å². The highest BCUT2D eigenvalue weighted by molar-refractivity contribution is 7.22. The molecule has 4 rings (SSSR count). The molecule has 0 radical (unpaired) electrons. The quantitative estimate of drug-likeness (QED) is 0.285. The van der Waals surface area contributed by atoms with Crippen molar-refractivity contribution in [3.05, 3.63) is 52.5 Å². The van der Waals surface area contributed by atoms with Crippen molar-refractivity contribution >= 4 is 44.2 Å². The number of halogens is 1. The number of amides is 1. The van der Waals surface area contributed by atoms with E-state index in [1.807, 2.05) is 48.2 Å². The third-order valence-electron chi connectivity index (χ3n) is 6.27. The summed E-state index contributed by atoms with van der Waals surface area (Å²) in [5.41, 5.74) is 2.41. The molecule has 0 saturated carbocycles. The third kappa shape index (κ3) is 6.73. The maximum Gasteiger partial charge on any atom is 0.260 e. The number of fused-ring (bicyclic) bond motifs is 1. The zero-order valence-electron chi connectivity index (χ0n) is 20.6. The van der Waals surface area contributed by atoms with Crippen LogP contribution in [-0.2, 0) is 4.74 Å². The lowest BCUT2D eigenvalue weighted by atomic mass is 10.2. The Morgan fingerprint density at radius 1 is 1.20 bits per heavy atom. The van der Waals surface area contributed by atoms with E-state index in [0.29, 0.717) is 28.9 Å². The Kier molecular flexibility index (Phi) is 9.38. The number of aryl methyl sites for hydroxylation is 1. The van der Waals surface area contributed by atoms with E-state index in [9.17, 15) is 4.79 Å². The molecule has 8 heteroatoms. The molecule has 1 saturated heterocycles. The molecule has 1 aromatic heterocycles. The lowest BCUT2D eigenvalue weighted by Gasteiger charge is -2.27. The maximum absolute atomic E-state index is 13.8. The van der Waals surface area contributed by atoms with E-state index < -0.39 is 0 Å². The zero-order chi connectivity index (χ0) is 24.6. The van der Waals surface area contributed by atoms with Gasteiger partial charge in [0.15, 0.2) is 5.13 Å². The van der Waals surface area contributed by atoms with E-state index >= 15 is 0 Å². The smallest absolute Gasteiger partial charge is 0.260 e. The van der Waals surface area contributed by atoms with E-state index in [1.54, 1.807) is 0 Å². The first-order valence-corrected chi connectivity index (χ1v) is 13.7. The fourth-order valence-corrected chi connectivity index (χ4v) is 5.38. The number of carbonyl (C=O) groups is 1. The number of hydrogen-bond acceptors (Lipinski definition) is 6. The van der Waals surface area contributed by atoms with Crippen LogP contribution in [0.25, 0.3) is 10.2 Å². The molecule has 0 unspecified atom stereocenters. The molecule has 1 amide bonds. The number of ether oxygens (including phenoxy) is 2. The van der Waals surface area contributed by atoms with Gasteiger partial charge in [-0.2, -0.15) is 0 Å². The molecule has 35 heavy (non-hydrogen) atoms. The Labute approximate surface area is 216 Å². The standard InChI is InChI=1S/C27H34ClN3O3S/c1-3-4-5-16-34-22-9-6-8-21(19-22)26(32)31(13-7-12-30-14-17-33-18-15-30)27-29-25-20(2)23(28)10-11-24(25)35-27/h6,8-11,19H,3-5,7,12-18H2,1-2H3. The second kappa shape index (κ2) is 12.7. The van der Waals surface area contributed by atoms with Crippen molar-refractivity contribution < 1.29 is 14.3 Å². The summed E-state index contributed by atoms with van der Waals surface area (Å²) in [6.07, 6.45) is 4.15. The van der Waals surface area contributed by atoms with Gasteiger partial charge in [0.2, 0.25) is 0 Å². The summed E-state index contributed by atoms with van der Waals surface area (Å²) < 4.78 is 12.4. The number of thiazole rings is 1. The van der Waals surface area contributed by atoms with Crippen LogP contribution in [0, 0.1) is 6.92 Å². The highest BCUT2D eigenvalue weighted by Gasteiger charge is 2.23. The van der Waals surface area contributed by atoms with Gasteiger partial charge in [0, 0.05) is 36.8 Å². The molecule has 1 fully saturated rings. The van der Waals surface area contributed by atoms with E-state index in [-0.39, 0.29) is 5.91 Å². The lowest BCUT2D eigenvalue weighted by molar-refractivity contribution is 0.0376. The van der Waals surface area contributed by atoms with E-state index in [2.05, 4.69) is 11.8 Å². The first-order valence-electron chi connectivity index (χ1n) is 12.5. The van der Waals surface area contributed by atoms with Crippen LogP contribution in [-0.4, -0.2) is 61.8 Å². The van der Waals surface area contributed by atoms with Crippen LogP contribution in [0.1, 0.15) is 48.5 Å². The topological polar surface area (TPSA) is 54.9 Å². The monoisotopic (exact) mass is 515 g/mol. The SMILES string of the molecule is CCCCCOc1cccc(C(=O)N(CCCN2CCOCC2)c2nc3c(C)c(Cl)ccc3s2)c1. The fraction of sp³-hybridized carbons (Fsp3) is 0.481. The fourth-order valence-electron chi connectivity index (χ4n) is 4.18. The molecular formula is C27H34ClN3O3S. The summed E-state index contributed by atoms with van der Waals surface area (Å²) >= 11 is 7.87. The van der Waals surface area contributed by atoms with Crippen LogP contribution in [0.2, 0.25) is 5.02 Å². The molecule has 0 aliphatic carbocycles. The van der Waals surface area contributed by atoms with Crippen LogP contribution in [0.5, 0.6) is 5.75 Å². The zero-order valence-corrected chi connectivity index (χ0v) is 22.2. The second-order valence-electron chi connectivity index (χ2n) is 8.86. The van der Waals surface area contributed by atoms with Crippen LogP contribution in [0.15, 0.2) is 36.4 Å². The molecule has 1 aliphatic heterocycles. The molecule has 188 valence electrons. The van der Waals surface area contributed by atoms with Gasteiger partial charge in [-0.05, 0) is 55.7 Å². The second-order valence-corrected chi connectivity index (χ2v) is 10.3. The van der Waals surface area contributed by atoms with Crippen molar-refractivity contribution in [2.75, 3.05) is 50.9 Å². The first-order chi connectivity index (χ1) is 17.1. The Morgan fingerprint density at radius 2 is 2.03 bits per heavy atom. The lowest BCUT2D eigenvalue weighted by Crippen LogP contribution is -2.39. The van der Waals surface area contributed by atoms with E-state index in [1.165, 1.54) is 11.3 Å². The normalized spacial score (nSPS) is 14.4. The minimum absolute atomic E-state index is 0.0613. The average Bonchev–Trinajstić information content (AvgIpc) is 3.32. The van der Waals surface area contributed by atoms with Gasteiger partial charge in [-0.1, -0.05) is 48.8 Å². The van der Waals surface area contributed by atoms with Gasteiger partial charge in [0.1, 0.15) is 5.75 Å². The van der Waals surface area contributed by atoms with E-state index in [4.69, 9.17) is 26.1 Å². The maximum atomic E-state index is 13.8. The third-order valence-corrected chi connectivity index (χ3v) is 7.72. The summed E-state index contributed by atoms with van der Waals surface area (Å²) in [4.78, 5) is 22.8. The molecule has 0 spiro atoms. The van der Waals surface area contributed by atoms with Crippen molar-refractivity contribution in [1.82, 2.24) is 9.88 Å². The number of benzene rings is 2. The molecule has 0 atom stereocenters. The summed E-state index contributed by atoms with van der Waals surface area (Å²) in [7, 11) is 0. The highest BCUT2D eigenvalue weighted by atomic mass is 35.5. The molecule has 0 N–H and O–H groups in total. The van der Waals surface area contributed by atoms with Gasteiger partial charge in [0.25, 0.3) is 5.91 Å². The van der Waals surface area contributed by atoms with E-state index in [0.717, 1.165) is 80.1 Å². The number of unbranched alkanes of at least 4 members (excludes halogenated alkanes) is 2. The van der Waals surface area contributed by atoms with Crippen molar-refractivity contribution in [3.8, 4) is 5.75 Å². The molecule has 2 aromatic carbocycles. The number of morpholine rings is 1. The minimum Gasteiger partial charge on any atom is -0.494 e. The van der Waals surface area contributed by atoms with Gasteiger partial charge in [-0.15, -0.1) is 0 Å². The van der Waals surface area contributed by atoms with Crippen LogP contribution < -0.4 is 9.64 Å².